The quantitative estimate of drug-likeness (QED) is 0.878. The molecule has 1 atom stereocenters. The number of aryl methyl sites for hydroxylation is 1. The van der Waals surface area contributed by atoms with Gasteiger partial charge in [0.15, 0.2) is 0 Å². The zero-order valence-electron chi connectivity index (χ0n) is 12.2. The van der Waals surface area contributed by atoms with E-state index in [4.69, 9.17) is 0 Å². The van der Waals surface area contributed by atoms with Crippen molar-refractivity contribution in [1.82, 2.24) is 5.32 Å². The van der Waals surface area contributed by atoms with Gasteiger partial charge in [0.2, 0.25) is 0 Å². The maximum atomic E-state index is 3.54. The van der Waals surface area contributed by atoms with Gasteiger partial charge in [0.25, 0.3) is 0 Å². The van der Waals surface area contributed by atoms with Crippen LogP contribution in [-0.2, 0) is 0 Å². The summed E-state index contributed by atoms with van der Waals surface area (Å²) in [7, 11) is 2.22. The molecule has 1 heterocycles. The summed E-state index contributed by atoms with van der Waals surface area (Å²) in [6.07, 6.45) is 1.29. The summed E-state index contributed by atoms with van der Waals surface area (Å²) in [5.74, 6) is 0.722. The molecule has 2 heteroatoms. The first-order valence-electron chi connectivity index (χ1n) is 7.02. The van der Waals surface area contributed by atoms with Gasteiger partial charge >= 0.3 is 0 Å². The predicted molar refractivity (Wildman–Crippen MR) is 79.2 cm³/mol. The van der Waals surface area contributed by atoms with E-state index >= 15 is 0 Å². The van der Waals surface area contributed by atoms with E-state index < -0.39 is 0 Å². The van der Waals surface area contributed by atoms with Crippen LogP contribution in [0.4, 0.5) is 5.69 Å². The average Bonchev–Trinajstić information content (AvgIpc) is 2.79. The largest absolute Gasteiger partial charge is 0.374 e. The molecule has 0 aromatic heterocycles. The van der Waals surface area contributed by atoms with Crippen LogP contribution in [0.5, 0.6) is 0 Å². The molecule has 18 heavy (non-hydrogen) atoms. The molecule has 1 saturated heterocycles. The summed E-state index contributed by atoms with van der Waals surface area (Å²) in [6, 6.07) is 8.79. The van der Waals surface area contributed by atoms with Crippen LogP contribution >= 0.6 is 0 Å². The molecule has 2 rings (SSSR count). The molecule has 1 aromatic carbocycles. The third kappa shape index (κ3) is 2.69. The minimum Gasteiger partial charge on any atom is -0.374 e. The van der Waals surface area contributed by atoms with Gasteiger partial charge in [-0.3, -0.25) is 0 Å². The first-order chi connectivity index (χ1) is 8.53. The van der Waals surface area contributed by atoms with E-state index in [0.717, 1.165) is 19.0 Å². The molecule has 1 fully saturated rings. The highest BCUT2D eigenvalue weighted by atomic mass is 15.1. The molecule has 1 N–H and O–H groups in total. The Bertz CT molecular complexity index is 392. The Hall–Kier alpha value is -1.02. The Morgan fingerprint density at radius 3 is 2.72 bits per heavy atom. The predicted octanol–water partition coefficient (Wildman–Crippen LogP) is 3.07. The first kappa shape index (κ1) is 13.4. The summed E-state index contributed by atoms with van der Waals surface area (Å²) in [5.41, 5.74) is 3.10. The summed E-state index contributed by atoms with van der Waals surface area (Å²) in [5, 5.41) is 3.54. The zero-order valence-corrected chi connectivity index (χ0v) is 12.2. The van der Waals surface area contributed by atoms with Crippen LogP contribution in [0.2, 0.25) is 0 Å². The fraction of sp³-hybridized carbons (Fsp3) is 0.625. The van der Waals surface area contributed by atoms with Gasteiger partial charge in [-0.2, -0.15) is 0 Å². The van der Waals surface area contributed by atoms with Crippen molar-refractivity contribution in [1.29, 1.82) is 0 Å². The standard InChI is InChI=1S/C16H26N2/c1-13(2)16(8-9-17-11-16)12-18(4)15-7-5-6-14(3)10-15/h5-7,10,13,17H,8-9,11-12H2,1-4H3. The molecule has 0 saturated carbocycles. The third-order valence-electron chi connectivity index (χ3n) is 4.50. The number of hydrogen-bond acceptors (Lipinski definition) is 2. The first-order valence-corrected chi connectivity index (χ1v) is 7.02. The second-order valence-electron chi connectivity index (χ2n) is 6.14. The van der Waals surface area contributed by atoms with Crippen LogP contribution in [0.3, 0.4) is 0 Å². The minimum absolute atomic E-state index is 0.429. The maximum absolute atomic E-state index is 3.54. The van der Waals surface area contributed by atoms with Crippen LogP contribution < -0.4 is 10.2 Å². The van der Waals surface area contributed by atoms with E-state index in [9.17, 15) is 0 Å². The van der Waals surface area contributed by atoms with Gasteiger partial charge < -0.3 is 10.2 Å². The lowest BCUT2D eigenvalue weighted by Crippen LogP contribution is -2.41. The van der Waals surface area contributed by atoms with Gasteiger partial charge in [0, 0.05) is 31.2 Å². The summed E-state index contributed by atoms with van der Waals surface area (Å²) in [6.45, 7) is 10.3. The molecule has 1 unspecified atom stereocenters. The van der Waals surface area contributed by atoms with Gasteiger partial charge in [-0.1, -0.05) is 26.0 Å². The summed E-state index contributed by atoms with van der Waals surface area (Å²) < 4.78 is 0. The van der Waals surface area contributed by atoms with Crippen molar-refractivity contribution in [2.45, 2.75) is 27.2 Å². The average molecular weight is 246 g/mol. The second kappa shape index (κ2) is 5.31. The molecule has 1 aromatic rings. The lowest BCUT2D eigenvalue weighted by molar-refractivity contribution is 0.225. The van der Waals surface area contributed by atoms with Gasteiger partial charge in [0.1, 0.15) is 0 Å². The van der Waals surface area contributed by atoms with E-state index in [1.807, 2.05) is 0 Å². The maximum Gasteiger partial charge on any atom is 0.0366 e. The van der Waals surface area contributed by atoms with Crippen LogP contribution in [0.15, 0.2) is 24.3 Å². The molecule has 0 bridgehead atoms. The molecular formula is C16H26N2. The van der Waals surface area contributed by atoms with Crippen molar-refractivity contribution < 1.29 is 0 Å². The minimum atomic E-state index is 0.429. The molecule has 0 aliphatic carbocycles. The van der Waals surface area contributed by atoms with Crippen molar-refractivity contribution in [3.05, 3.63) is 29.8 Å². The highest BCUT2D eigenvalue weighted by Gasteiger charge is 2.37. The molecule has 1 aliphatic heterocycles. The van der Waals surface area contributed by atoms with Crippen LogP contribution in [-0.4, -0.2) is 26.7 Å². The topological polar surface area (TPSA) is 15.3 Å². The van der Waals surface area contributed by atoms with Gasteiger partial charge in [-0.15, -0.1) is 0 Å². The number of hydrogen-bond donors (Lipinski definition) is 1. The Kier molecular flexibility index (Phi) is 3.96. The van der Waals surface area contributed by atoms with Crippen molar-refractivity contribution in [3.63, 3.8) is 0 Å². The normalized spacial score (nSPS) is 23.6. The molecule has 0 amide bonds. The lowest BCUT2D eigenvalue weighted by atomic mass is 9.76. The van der Waals surface area contributed by atoms with Crippen LogP contribution in [0.1, 0.15) is 25.8 Å². The van der Waals surface area contributed by atoms with E-state index in [2.05, 4.69) is 62.3 Å². The van der Waals surface area contributed by atoms with Crippen molar-refractivity contribution >= 4 is 5.69 Å². The van der Waals surface area contributed by atoms with E-state index in [-0.39, 0.29) is 0 Å². The lowest BCUT2D eigenvalue weighted by Gasteiger charge is -2.37. The Morgan fingerprint density at radius 1 is 1.39 bits per heavy atom. The second-order valence-corrected chi connectivity index (χ2v) is 6.14. The molecule has 0 spiro atoms. The van der Waals surface area contributed by atoms with Crippen LogP contribution in [0.25, 0.3) is 0 Å². The monoisotopic (exact) mass is 246 g/mol. The van der Waals surface area contributed by atoms with Gasteiger partial charge in [0.05, 0.1) is 0 Å². The SMILES string of the molecule is Cc1cccc(N(C)CC2(C(C)C)CCNC2)c1. The third-order valence-corrected chi connectivity index (χ3v) is 4.50. The van der Waals surface area contributed by atoms with Crippen LogP contribution in [0, 0.1) is 18.3 Å². The van der Waals surface area contributed by atoms with E-state index in [1.54, 1.807) is 0 Å². The van der Waals surface area contributed by atoms with Gasteiger partial charge in [-0.05, 0) is 43.5 Å². The Balaban J connectivity index is 2.12. The van der Waals surface area contributed by atoms with Gasteiger partial charge in [-0.25, -0.2) is 0 Å². The highest BCUT2D eigenvalue weighted by molar-refractivity contribution is 5.48. The number of rotatable bonds is 4. The number of anilines is 1. The van der Waals surface area contributed by atoms with Crippen molar-refractivity contribution in [2.24, 2.45) is 11.3 Å². The summed E-state index contributed by atoms with van der Waals surface area (Å²) >= 11 is 0. The molecule has 2 nitrogen and oxygen atoms in total. The number of benzene rings is 1. The highest BCUT2D eigenvalue weighted by Crippen LogP contribution is 2.35. The number of nitrogens with one attached hydrogen (secondary N) is 1. The molecular weight excluding hydrogens is 220 g/mol. The summed E-state index contributed by atoms with van der Waals surface area (Å²) in [4.78, 5) is 2.42. The van der Waals surface area contributed by atoms with Crippen molar-refractivity contribution in [3.8, 4) is 0 Å². The smallest absolute Gasteiger partial charge is 0.0366 e. The fourth-order valence-electron chi connectivity index (χ4n) is 3.00. The van der Waals surface area contributed by atoms with Crippen molar-refractivity contribution in [2.75, 3.05) is 31.6 Å². The van der Waals surface area contributed by atoms with E-state index in [1.165, 1.54) is 24.2 Å². The molecule has 0 radical (unpaired) electrons. The zero-order chi connectivity index (χ0) is 13.2. The van der Waals surface area contributed by atoms with E-state index in [0.29, 0.717) is 5.41 Å². The molecule has 100 valence electrons. The fourth-order valence-corrected chi connectivity index (χ4v) is 3.00. The number of nitrogens with zero attached hydrogens (tertiary/aromatic N) is 1. The Labute approximate surface area is 111 Å². The molecule has 1 aliphatic rings. The Morgan fingerprint density at radius 2 is 2.17 bits per heavy atom.